The SMILES string of the molecule is CCOC(=O)c1ccc(NC(=S)NC(C)c2ccc(OCC)cc2)cc1. The van der Waals surface area contributed by atoms with Crippen LogP contribution in [0.3, 0.4) is 0 Å². The summed E-state index contributed by atoms with van der Waals surface area (Å²) in [5.41, 5.74) is 2.42. The summed E-state index contributed by atoms with van der Waals surface area (Å²) in [6.07, 6.45) is 0. The van der Waals surface area contributed by atoms with E-state index in [2.05, 4.69) is 10.6 Å². The molecule has 138 valence electrons. The van der Waals surface area contributed by atoms with Gasteiger partial charge in [-0.3, -0.25) is 0 Å². The van der Waals surface area contributed by atoms with E-state index in [0.717, 1.165) is 17.0 Å². The lowest BCUT2D eigenvalue weighted by Gasteiger charge is -2.18. The van der Waals surface area contributed by atoms with Crippen LogP contribution < -0.4 is 15.4 Å². The maximum atomic E-state index is 11.7. The minimum Gasteiger partial charge on any atom is -0.494 e. The molecular formula is C20H24N2O3S. The van der Waals surface area contributed by atoms with E-state index in [0.29, 0.717) is 23.9 Å². The molecule has 1 unspecified atom stereocenters. The average Bonchev–Trinajstić information content (AvgIpc) is 2.63. The molecule has 2 aromatic carbocycles. The van der Waals surface area contributed by atoms with Crippen LogP contribution in [0.4, 0.5) is 5.69 Å². The Bertz CT molecular complexity index is 730. The number of nitrogens with one attached hydrogen (secondary N) is 2. The lowest BCUT2D eigenvalue weighted by molar-refractivity contribution is 0.0526. The first-order valence-electron chi connectivity index (χ1n) is 8.61. The fourth-order valence-electron chi connectivity index (χ4n) is 2.37. The highest BCUT2D eigenvalue weighted by Crippen LogP contribution is 2.18. The molecule has 0 aliphatic heterocycles. The van der Waals surface area contributed by atoms with Gasteiger partial charge in [-0.1, -0.05) is 12.1 Å². The van der Waals surface area contributed by atoms with Crippen molar-refractivity contribution in [1.29, 1.82) is 0 Å². The summed E-state index contributed by atoms with van der Waals surface area (Å²) in [4.78, 5) is 11.7. The van der Waals surface area contributed by atoms with Crippen LogP contribution in [0.5, 0.6) is 5.75 Å². The lowest BCUT2D eigenvalue weighted by Crippen LogP contribution is -2.30. The highest BCUT2D eigenvalue weighted by molar-refractivity contribution is 7.80. The number of carbonyl (C=O) groups excluding carboxylic acids is 1. The van der Waals surface area contributed by atoms with Gasteiger partial charge in [0, 0.05) is 5.69 Å². The molecule has 0 radical (unpaired) electrons. The lowest BCUT2D eigenvalue weighted by atomic mass is 10.1. The van der Waals surface area contributed by atoms with Crippen molar-refractivity contribution in [2.45, 2.75) is 26.8 Å². The number of carbonyl (C=O) groups is 1. The third kappa shape index (κ3) is 5.74. The minimum absolute atomic E-state index is 0.0458. The van der Waals surface area contributed by atoms with E-state index in [9.17, 15) is 4.79 Å². The number of benzene rings is 2. The zero-order valence-corrected chi connectivity index (χ0v) is 16.1. The summed E-state index contributed by atoms with van der Waals surface area (Å²) in [6.45, 7) is 6.78. The summed E-state index contributed by atoms with van der Waals surface area (Å²) in [7, 11) is 0. The van der Waals surface area contributed by atoms with E-state index < -0.39 is 0 Å². The zero-order chi connectivity index (χ0) is 18.9. The largest absolute Gasteiger partial charge is 0.494 e. The summed E-state index contributed by atoms with van der Waals surface area (Å²) in [6, 6.07) is 15.0. The van der Waals surface area contributed by atoms with Gasteiger partial charge in [-0.05, 0) is 75.0 Å². The fraction of sp³-hybridized carbons (Fsp3) is 0.300. The van der Waals surface area contributed by atoms with Crippen molar-refractivity contribution in [2.75, 3.05) is 18.5 Å². The van der Waals surface area contributed by atoms with Gasteiger partial charge in [-0.25, -0.2) is 4.79 Å². The molecule has 0 amide bonds. The van der Waals surface area contributed by atoms with Crippen LogP contribution in [0.2, 0.25) is 0 Å². The number of esters is 1. The molecule has 0 aromatic heterocycles. The predicted octanol–water partition coefficient (Wildman–Crippen LogP) is 4.31. The van der Waals surface area contributed by atoms with Crippen LogP contribution in [0, 0.1) is 0 Å². The second kappa shape index (κ2) is 9.77. The van der Waals surface area contributed by atoms with Gasteiger partial charge in [0.25, 0.3) is 0 Å². The monoisotopic (exact) mass is 372 g/mol. The first kappa shape index (κ1) is 19.7. The molecule has 0 aliphatic carbocycles. The molecule has 0 saturated carbocycles. The molecule has 0 bridgehead atoms. The van der Waals surface area contributed by atoms with Crippen LogP contribution in [0.15, 0.2) is 48.5 Å². The smallest absolute Gasteiger partial charge is 0.338 e. The fourth-order valence-corrected chi connectivity index (χ4v) is 2.67. The molecule has 0 spiro atoms. The molecule has 0 aliphatic rings. The summed E-state index contributed by atoms with van der Waals surface area (Å²) < 4.78 is 10.4. The van der Waals surface area contributed by atoms with Gasteiger partial charge < -0.3 is 20.1 Å². The number of ether oxygens (including phenoxy) is 2. The van der Waals surface area contributed by atoms with Gasteiger partial charge >= 0.3 is 5.97 Å². The van der Waals surface area contributed by atoms with Crippen LogP contribution in [0.1, 0.15) is 42.7 Å². The molecule has 0 saturated heterocycles. The van der Waals surface area contributed by atoms with Gasteiger partial charge in [-0.2, -0.15) is 0 Å². The van der Waals surface area contributed by atoms with E-state index in [1.807, 2.05) is 38.1 Å². The van der Waals surface area contributed by atoms with Crippen LogP contribution in [-0.4, -0.2) is 24.3 Å². The maximum absolute atomic E-state index is 11.7. The molecule has 26 heavy (non-hydrogen) atoms. The highest BCUT2D eigenvalue weighted by atomic mass is 32.1. The first-order valence-corrected chi connectivity index (χ1v) is 9.01. The highest BCUT2D eigenvalue weighted by Gasteiger charge is 2.09. The number of hydrogen-bond acceptors (Lipinski definition) is 4. The topological polar surface area (TPSA) is 59.6 Å². The van der Waals surface area contributed by atoms with Gasteiger partial charge in [0.15, 0.2) is 5.11 Å². The van der Waals surface area contributed by atoms with Crippen molar-refractivity contribution in [2.24, 2.45) is 0 Å². The van der Waals surface area contributed by atoms with Gasteiger partial charge in [-0.15, -0.1) is 0 Å². The van der Waals surface area contributed by atoms with Crippen molar-refractivity contribution >= 4 is 29.0 Å². The number of hydrogen-bond donors (Lipinski definition) is 2. The van der Waals surface area contributed by atoms with E-state index in [4.69, 9.17) is 21.7 Å². The Morgan fingerprint density at radius 3 is 2.27 bits per heavy atom. The van der Waals surface area contributed by atoms with Crippen molar-refractivity contribution in [1.82, 2.24) is 5.32 Å². The molecular weight excluding hydrogens is 348 g/mol. The Morgan fingerprint density at radius 1 is 1.04 bits per heavy atom. The molecule has 1 atom stereocenters. The number of thiocarbonyl (C=S) groups is 1. The second-order valence-electron chi connectivity index (χ2n) is 5.62. The zero-order valence-electron chi connectivity index (χ0n) is 15.2. The van der Waals surface area contributed by atoms with E-state index in [1.54, 1.807) is 31.2 Å². The number of anilines is 1. The van der Waals surface area contributed by atoms with Crippen LogP contribution in [-0.2, 0) is 4.74 Å². The van der Waals surface area contributed by atoms with Crippen molar-refractivity contribution < 1.29 is 14.3 Å². The Labute approximate surface area is 159 Å². The van der Waals surface area contributed by atoms with Gasteiger partial charge in [0.2, 0.25) is 0 Å². The maximum Gasteiger partial charge on any atom is 0.338 e. The van der Waals surface area contributed by atoms with Gasteiger partial charge in [0.05, 0.1) is 24.8 Å². The third-order valence-corrected chi connectivity index (χ3v) is 3.91. The van der Waals surface area contributed by atoms with Crippen LogP contribution >= 0.6 is 12.2 Å². The standard InChI is InChI=1S/C20H24N2O3S/c1-4-24-18-12-8-15(9-13-18)14(3)21-20(26)22-17-10-6-16(7-11-17)19(23)25-5-2/h6-14H,4-5H2,1-3H3,(H2,21,22,26). The van der Waals surface area contributed by atoms with Crippen LogP contribution in [0.25, 0.3) is 0 Å². The summed E-state index contributed by atoms with van der Waals surface area (Å²) >= 11 is 5.37. The van der Waals surface area contributed by atoms with Crippen molar-refractivity contribution in [3.63, 3.8) is 0 Å². The molecule has 6 heteroatoms. The Balaban J connectivity index is 1.90. The third-order valence-electron chi connectivity index (χ3n) is 3.69. The van der Waals surface area contributed by atoms with Crippen molar-refractivity contribution in [3.8, 4) is 5.75 Å². The Morgan fingerprint density at radius 2 is 1.69 bits per heavy atom. The molecule has 0 heterocycles. The molecule has 5 nitrogen and oxygen atoms in total. The minimum atomic E-state index is -0.330. The van der Waals surface area contributed by atoms with E-state index in [-0.39, 0.29) is 12.0 Å². The van der Waals surface area contributed by atoms with Gasteiger partial charge in [0.1, 0.15) is 5.75 Å². The Hall–Kier alpha value is -2.60. The molecule has 0 fully saturated rings. The Kier molecular flexibility index (Phi) is 7.41. The first-order chi connectivity index (χ1) is 12.5. The summed E-state index contributed by atoms with van der Waals surface area (Å²) in [5, 5.41) is 6.87. The average molecular weight is 372 g/mol. The summed E-state index contributed by atoms with van der Waals surface area (Å²) in [5.74, 6) is 0.523. The van der Waals surface area contributed by atoms with Crippen molar-refractivity contribution in [3.05, 3.63) is 59.7 Å². The normalized spacial score (nSPS) is 11.3. The molecule has 2 aromatic rings. The predicted molar refractivity (Wildman–Crippen MR) is 108 cm³/mol. The number of rotatable bonds is 7. The molecule has 2 N–H and O–H groups in total. The second-order valence-corrected chi connectivity index (χ2v) is 6.03. The van der Waals surface area contributed by atoms with E-state index in [1.165, 1.54) is 0 Å². The quantitative estimate of drug-likeness (QED) is 0.558. The molecule has 2 rings (SSSR count). The van der Waals surface area contributed by atoms with E-state index >= 15 is 0 Å².